The molecule has 0 fully saturated rings. The Hall–Kier alpha value is -3.49. The van der Waals surface area contributed by atoms with Crippen LogP contribution in [-0.2, 0) is 11.3 Å². The van der Waals surface area contributed by atoms with Crippen molar-refractivity contribution in [1.82, 2.24) is 25.2 Å². The van der Waals surface area contributed by atoms with Gasteiger partial charge in [0.15, 0.2) is 17.4 Å². The van der Waals surface area contributed by atoms with Gasteiger partial charge in [-0.3, -0.25) is 14.2 Å². The lowest BCUT2D eigenvalue weighted by molar-refractivity contribution is -0.115. The fourth-order valence-corrected chi connectivity index (χ4v) is 2.30. The van der Waals surface area contributed by atoms with Gasteiger partial charge in [-0.15, -0.1) is 10.2 Å². The number of hydrogen-bond acceptors (Lipinski definition) is 4. The van der Waals surface area contributed by atoms with Gasteiger partial charge in [-0.1, -0.05) is 6.07 Å². The minimum Gasteiger partial charge on any atom is -0.349 e. The molecule has 0 atom stereocenters. The number of pyridine rings is 1. The van der Waals surface area contributed by atoms with E-state index in [4.69, 9.17) is 0 Å². The number of nitrogens with zero attached hydrogens (tertiary/aromatic N) is 4. The first-order valence-corrected chi connectivity index (χ1v) is 7.94. The third-order valence-corrected chi connectivity index (χ3v) is 3.57. The van der Waals surface area contributed by atoms with Crippen molar-refractivity contribution in [1.29, 1.82) is 0 Å². The first kappa shape index (κ1) is 17.3. The van der Waals surface area contributed by atoms with E-state index in [2.05, 4.69) is 31.1 Å². The van der Waals surface area contributed by atoms with Gasteiger partial charge in [-0.2, -0.15) is 0 Å². The summed E-state index contributed by atoms with van der Waals surface area (Å²) in [5, 5.41) is 16.8. The molecule has 134 valence electrons. The molecule has 8 nitrogen and oxygen atoms in total. The number of anilines is 1. The number of hydrogen-bond donors (Lipinski definition) is 3. The van der Waals surface area contributed by atoms with Crippen LogP contribution >= 0.6 is 0 Å². The molecule has 1 amide bonds. The molecule has 1 aromatic carbocycles. The van der Waals surface area contributed by atoms with Crippen molar-refractivity contribution in [2.24, 2.45) is 4.99 Å². The molecule has 2 heterocycles. The lowest BCUT2D eigenvalue weighted by atomic mass is 10.3. The zero-order valence-corrected chi connectivity index (χ0v) is 14.1. The Bertz CT molecular complexity index is 920. The van der Waals surface area contributed by atoms with E-state index in [9.17, 15) is 9.18 Å². The molecule has 0 aliphatic rings. The highest BCUT2D eigenvalue weighted by molar-refractivity contribution is 5.94. The zero-order chi connectivity index (χ0) is 18.4. The van der Waals surface area contributed by atoms with Gasteiger partial charge in [0.2, 0.25) is 5.91 Å². The average molecular weight is 355 g/mol. The summed E-state index contributed by atoms with van der Waals surface area (Å²) < 4.78 is 14.7. The van der Waals surface area contributed by atoms with Crippen molar-refractivity contribution in [3.05, 3.63) is 60.3 Å². The Labute approximate surface area is 149 Å². The van der Waals surface area contributed by atoms with Crippen LogP contribution in [-0.4, -0.2) is 40.1 Å². The van der Waals surface area contributed by atoms with Gasteiger partial charge in [0.25, 0.3) is 0 Å². The molecule has 26 heavy (non-hydrogen) atoms. The quantitative estimate of drug-likeness (QED) is 0.472. The number of carbonyl (C=O) groups excluding carboxylic acids is 1. The van der Waals surface area contributed by atoms with E-state index in [1.165, 1.54) is 24.3 Å². The molecule has 0 saturated carbocycles. The van der Waals surface area contributed by atoms with Crippen LogP contribution in [0.5, 0.6) is 0 Å². The van der Waals surface area contributed by atoms with Gasteiger partial charge in [0.05, 0.1) is 13.1 Å². The number of rotatable bonds is 5. The summed E-state index contributed by atoms with van der Waals surface area (Å²) in [5.74, 6) is 0.547. The van der Waals surface area contributed by atoms with E-state index in [1.54, 1.807) is 7.05 Å². The molecule has 3 aromatic rings. The van der Waals surface area contributed by atoms with Gasteiger partial charge in [-0.25, -0.2) is 4.39 Å². The molecule has 0 spiro atoms. The third-order valence-electron chi connectivity index (χ3n) is 3.57. The highest BCUT2D eigenvalue weighted by Crippen LogP contribution is 2.07. The summed E-state index contributed by atoms with van der Waals surface area (Å²) in [6.45, 7) is 0.405. The third kappa shape index (κ3) is 4.32. The van der Waals surface area contributed by atoms with Crippen LogP contribution in [0.4, 0.5) is 10.1 Å². The molecule has 0 unspecified atom stereocenters. The fraction of sp³-hybridized carbons (Fsp3) is 0.176. The van der Waals surface area contributed by atoms with Crippen LogP contribution in [0, 0.1) is 5.82 Å². The Kier molecular flexibility index (Phi) is 5.37. The van der Waals surface area contributed by atoms with Crippen LogP contribution in [0.25, 0.3) is 5.65 Å². The molecule has 0 bridgehead atoms. The summed E-state index contributed by atoms with van der Waals surface area (Å²) in [4.78, 5) is 16.0. The van der Waals surface area contributed by atoms with Crippen LogP contribution in [0.15, 0.2) is 53.7 Å². The first-order valence-electron chi connectivity index (χ1n) is 7.94. The molecular weight excluding hydrogens is 337 g/mol. The normalized spacial score (nSPS) is 11.4. The second-order valence-electron chi connectivity index (χ2n) is 5.38. The molecule has 0 saturated heterocycles. The van der Waals surface area contributed by atoms with Crippen LogP contribution < -0.4 is 16.0 Å². The first-order chi connectivity index (χ1) is 12.7. The van der Waals surface area contributed by atoms with Gasteiger partial charge < -0.3 is 16.0 Å². The molecule has 3 N–H and O–H groups in total. The number of amides is 1. The molecule has 0 radical (unpaired) electrons. The second-order valence-corrected chi connectivity index (χ2v) is 5.38. The van der Waals surface area contributed by atoms with Crippen LogP contribution in [0.1, 0.15) is 5.82 Å². The minimum absolute atomic E-state index is 0.0115. The summed E-state index contributed by atoms with van der Waals surface area (Å²) in [5.41, 5.74) is 1.28. The maximum Gasteiger partial charge on any atom is 0.243 e. The molecule has 9 heteroatoms. The molecule has 3 rings (SSSR count). The Morgan fingerprint density at radius 3 is 2.73 bits per heavy atom. The van der Waals surface area contributed by atoms with E-state index in [0.29, 0.717) is 18.2 Å². The van der Waals surface area contributed by atoms with Gasteiger partial charge in [0.1, 0.15) is 5.82 Å². The van der Waals surface area contributed by atoms with Gasteiger partial charge in [0, 0.05) is 18.9 Å². The van der Waals surface area contributed by atoms with Crippen molar-refractivity contribution < 1.29 is 9.18 Å². The van der Waals surface area contributed by atoms with E-state index < -0.39 is 0 Å². The van der Waals surface area contributed by atoms with Crippen LogP contribution in [0.3, 0.4) is 0 Å². The van der Waals surface area contributed by atoms with E-state index >= 15 is 0 Å². The number of guanidine groups is 1. The maximum atomic E-state index is 12.9. The predicted octanol–water partition coefficient (Wildman–Crippen LogP) is 1.17. The standard InChI is InChI=1S/C17H18FN7O/c1-19-17(20-10-15-24-23-14-4-2-3-9-25(14)15)21-11-16(26)22-13-7-5-12(18)6-8-13/h2-9H,10-11H2,1H3,(H,22,26)(H2,19,20,21). The lowest BCUT2D eigenvalue weighted by Crippen LogP contribution is -2.41. The number of carbonyl (C=O) groups is 1. The summed E-state index contributed by atoms with van der Waals surface area (Å²) in [6, 6.07) is 11.2. The zero-order valence-electron chi connectivity index (χ0n) is 14.1. The number of benzene rings is 1. The van der Waals surface area contributed by atoms with Crippen molar-refractivity contribution in [3.63, 3.8) is 0 Å². The van der Waals surface area contributed by atoms with Crippen molar-refractivity contribution >= 4 is 23.2 Å². The van der Waals surface area contributed by atoms with Gasteiger partial charge in [-0.05, 0) is 36.4 Å². The largest absolute Gasteiger partial charge is 0.349 e. The molecule has 0 aliphatic carbocycles. The lowest BCUT2D eigenvalue weighted by Gasteiger charge is -2.11. The summed E-state index contributed by atoms with van der Waals surface area (Å²) in [7, 11) is 1.61. The second kappa shape index (κ2) is 8.06. The number of halogens is 1. The molecule has 2 aromatic heterocycles. The van der Waals surface area contributed by atoms with Crippen LogP contribution in [0.2, 0.25) is 0 Å². The highest BCUT2D eigenvalue weighted by Gasteiger charge is 2.07. The Morgan fingerprint density at radius 2 is 1.96 bits per heavy atom. The van der Waals surface area contributed by atoms with E-state index in [0.717, 1.165) is 11.5 Å². The molecular formula is C17H18FN7O. The fourth-order valence-electron chi connectivity index (χ4n) is 2.30. The van der Waals surface area contributed by atoms with E-state index in [-0.39, 0.29) is 18.3 Å². The Balaban J connectivity index is 1.50. The monoisotopic (exact) mass is 355 g/mol. The summed E-state index contributed by atoms with van der Waals surface area (Å²) >= 11 is 0. The molecule has 0 aliphatic heterocycles. The Morgan fingerprint density at radius 1 is 1.15 bits per heavy atom. The van der Waals surface area contributed by atoms with Crippen molar-refractivity contribution in [2.45, 2.75) is 6.54 Å². The highest BCUT2D eigenvalue weighted by atomic mass is 19.1. The minimum atomic E-state index is -0.355. The number of aliphatic imine (C=N–C) groups is 1. The maximum absolute atomic E-state index is 12.9. The van der Waals surface area contributed by atoms with Crippen molar-refractivity contribution in [3.8, 4) is 0 Å². The average Bonchev–Trinajstić information content (AvgIpc) is 3.07. The number of nitrogens with one attached hydrogen (secondary N) is 3. The smallest absolute Gasteiger partial charge is 0.243 e. The predicted molar refractivity (Wildman–Crippen MR) is 96.2 cm³/mol. The number of fused-ring (bicyclic) bond motifs is 1. The number of aromatic nitrogens is 3. The van der Waals surface area contributed by atoms with Crippen molar-refractivity contribution in [2.75, 3.05) is 18.9 Å². The topological polar surface area (TPSA) is 95.7 Å². The van der Waals surface area contributed by atoms with E-state index in [1.807, 2.05) is 28.8 Å². The summed E-state index contributed by atoms with van der Waals surface area (Å²) in [6.07, 6.45) is 1.87. The van der Waals surface area contributed by atoms with Gasteiger partial charge >= 0.3 is 0 Å². The SMILES string of the molecule is CN=C(NCC(=O)Nc1ccc(F)cc1)NCc1nnc2ccccn12.